The van der Waals surface area contributed by atoms with Crippen LogP contribution in [0.25, 0.3) is 5.69 Å². The van der Waals surface area contributed by atoms with Crippen molar-refractivity contribution in [3.8, 4) is 17.2 Å². The highest BCUT2D eigenvalue weighted by molar-refractivity contribution is 6.00. The maximum Gasteiger partial charge on any atom is 0.439 e. The summed E-state index contributed by atoms with van der Waals surface area (Å²) in [6.45, 7) is 0. The van der Waals surface area contributed by atoms with Gasteiger partial charge in [-0.2, -0.15) is 4.99 Å². The van der Waals surface area contributed by atoms with Gasteiger partial charge in [-0.05, 0) is 46.4 Å². The van der Waals surface area contributed by atoms with Gasteiger partial charge in [-0.15, -0.1) is 10.2 Å². The number of nitrogens with one attached hydrogen (secondary N) is 2. The maximum atomic E-state index is 12.4. The number of amidine groups is 1. The van der Waals surface area contributed by atoms with Crippen molar-refractivity contribution >= 4 is 17.5 Å². The standard InChI is InChI=1S/C20H15N7O6/c1-30-13-7-3-11(4-8-13)26-15(19(28)32-24-26)17-21-18(23-22-17)16-20(29)33-25-27(16)12-5-9-14(31-2)10-6-12/h3-10H,1-2H3,(H-,21,24,25,28,29)/p+1. The highest BCUT2D eigenvalue weighted by Crippen LogP contribution is 2.29. The number of ether oxygens (including phenoxy) is 2. The van der Waals surface area contributed by atoms with E-state index in [9.17, 15) is 9.59 Å². The Morgan fingerprint density at radius 2 is 1.61 bits per heavy atom. The van der Waals surface area contributed by atoms with E-state index in [1.54, 1.807) is 62.8 Å². The van der Waals surface area contributed by atoms with Gasteiger partial charge in [0.15, 0.2) is 5.70 Å². The number of anilines is 1. The highest BCUT2D eigenvalue weighted by atomic mass is 16.7. The third kappa shape index (κ3) is 3.51. The third-order valence-corrected chi connectivity index (χ3v) is 4.83. The van der Waals surface area contributed by atoms with E-state index in [1.165, 1.54) is 9.69 Å². The smallest absolute Gasteiger partial charge is 0.439 e. The van der Waals surface area contributed by atoms with E-state index in [0.29, 0.717) is 22.9 Å². The maximum absolute atomic E-state index is 12.4. The Kier molecular flexibility index (Phi) is 4.91. The predicted molar refractivity (Wildman–Crippen MR) is 111 cm³/mol. The van der Waals surface area contributed by atoms with E-state index in [4.69, 9.17) is 18.8 Å². The van der Waals surface area contributed by atoms with Crippen molar-refractivity contribution in [2.45, 2.75) is 0 Å². The van der Waals surface area contributed by atoms with E-state index in [2.05, 4.69) is 26.1 Å². The first-order chi connectivity index (χ1) is 16.1. The summed E-state index contributed by atoms with van der Waals surface area (Å²) in [5.41, 5.74) is 2.92. The molecular formula is C20H16N7O6+. The number of rotatable bonds is 5. The van der Waals surface area contributed by atoms with Crippen molar-refractivity contribution in [1.82, 2.24) is 10.9 Å². The van der Waals surface area contributed by atoms with Gasteiger partial charge >= 0.3 is 17.3 Å². The Labute approximate surface area is 185 Å². The van der Waals surface area contributed by atoms with E-state index in [1.807, 2.05) is 0 Å². The number of carbonyl (C=O) groups excluding carboxylic acids is 1. The Hall–Kier alpha value is -4.78. The predicted octanol–water partition coefficient (Wildman–Crippen LogP) is 1.13. The lowest BCUT2D eigenvalue weighted by molar-refractivity contribution is -0.671. The fraction of sp³-hybridized carbons (Fsp3) is 0.100. The van der Waals surface area contributed by atoms with Gasteiger partial charge in [-0.1, -0.05) is 5.59 Å². The molecule has 2 N–H and O–H groups in total. The van der Waals surface area contributed by atoms with Gasteiger partial charge in [0, 0.05) is 12.1 Å². The van der Waals surface area contributed by atoms with E-state index in [-0.39, 0.29) is 23.0 Å². The van der Waals surface area contributed by atoms with Crippen LogP contribution >= 0.6 is 0 Å². The molecule has 2 aliphatic heterocycles. The topological polar surface area (TPSA) is 147 Å². The Morgan fingerprint density at radius 1 is 0.939 bits per heavy atom. The molecule has 33 heavy (non-hydrogen) atoms. The molecule has 1 aromatic heterocycles. The van der Waals surface area contributed by atoms with Crippen LogP contribution in [0.1, 0.15) is 5.69 Å². The molecule has 0 saturated carbocycles. The molecule has 13 nitrogen and oxygen atoms in total. The lowest BCUT2D eigenvalue weighted by Crippen LogP contribution is -2.40. The summed E-state index contributed by atoms with van der Waals surface area (Å²) in [7, 11) is 3.10. The van der Waals surface area contributed by atoms with Gasteiger partial charge in [0.1, 0.15) is 11.5 Å². The number of methoxy groups -OCH3 is 2. The molecule has 0 radical (unpaired) electrons. The molecule has 166 valence electrons. The second kappa shape index (κ2) is 8.05. The summed E-state index contributed by atoms with van der Waals surface area (Å²) in [6, 6.07) is 13.7. The Morgan fingerprint density at radius 3 is 2.27 bits per heavy atom. The molecule has 2 aliphatic rings. The number of aliphatic imine (C=N–C) groups is 1. The summed E-state index contributed by atoms with van der Waals surface area (Å²) < 4.78 is 16.6. The van der Waals surface area contributed by atoms with E-state index < -0.39 is 11.6 Å². The summed E-state index contributed by atoms with van der Waals surface area (Å²) in [6.07, 6.45) is 0. The van der Waals surface area contributed by atoms with Crippen molar-refractivity contribution in [3.63, 3.8) is 0 Å². The SMILES string of the molecule is COc1ccc(N2NOC(=O)/C2=C2/N=NC(c3c(=O)o[nH][n+]3-c3ccc(OC)cc3)=N2)cc1. The van der Waals surface area contributed by atoms with Crippen LogP contribution in [0, 0.1) is 0 Å². The molecule has 0 unspecified atom stereocenters. The normalized spacial score (nSPS) is 17.3. The van der Waals surface area contributed by atoms with Crippen LogP contribution in [-0.2, 0) is 9.63 Å². The summed E-state index contributed by atoms with van der Waals surface area (Å²) in [5, 5.41) is 11.8. The third-order valence-electron chi connectivity index (χ3n) is 4.83. The lowest BCUT2D eigenvalue weighted by Gasteiger charge is -2.15. The minimum absolute atomic E-state index is 0.00478. The van der Waals surface area contributed by atoms with Crippen molar-refractivity contribution in [3.05, 3.63) is 76.2 Å². The first-order valence-electron chi connectivity index (χ1n) is 9.53. The summed E-state index contributed by atoms with van der Waals surface area (Å²) >= 11 is 0. The second-order valence-corrected chi connectivity index (χ2v) is 6.68. The fourth-order valence-electron chi connectivity index (χ4n) is 3.19. The quantitative estimate of drug-likeness (QED) is 0.434. The number of aromatic amines is 1. The Balaban J connectivity index is 1.54. The monoisotopic (exact) mass is 450 g/mol. The van der Waals surface area contributed by atoms with Crippen LogP contribution in [0.15, 0.2) is 84.6 Å². The van der Waals surface area contributed by atoms with Gasteiger partial charge in [-0.25, -0.2) is 14.6 Å². The number of hydrogen-bond acceptors (Lipinski definition) is 11. The minimum atomic E-state index is -0.714. The lowest BCUT2D eigenvalue weighted by atomic mass is 10.2. The number of nitrogens with zero attached hydrogens (tertiary/aromatic N) is 5. The molecule has 13 heteroatoms. The number of benzene rings is 2. The van der Waals surface area contributed by atoms with Crippen molar-refractivity contribution in [2.24, 2.45) is 15.2 Å². The zero-order chi connectivity index (χ0) is 22.9. The molecule has 0 amide bonds. The molecule has 0 spiro atoms. The molecule has 0 bridgehead atoms. The van der Waals surface area contributed by atoms with Gasteiger partial charge < -0.3 is 14.3 Å². The van der Waals surface area contributed by atoms with Crippen molar-refractivity contribution in [2.75, 3.05) is 19.2 Å². The fourth-order valence-corrected chi connectivity index (χ4v) is 3.19. The largest absolute Gasteiger partial charge is 0.497 e. The number of hydrogen-bond donors (Lipinski definition) is 2. The van der Waals surface area contributed by atoms with E-state index in [0.717, 1.165) is 0 Å². The van der Waals surface area contributed by atoms with Gasteiger partial charge in [0.25, 0.3) is 5.84 Å². The van der Waals surface area contributed by atoms with Gasteiger partial charge in [0.05, 0.1) is 19.9 Å². The van der Waals surface area contributed by atoms with Crippen molar-refractivity contribution < 1.29 is 28.3 Å². The molecule has 3 aromatic rings. The molecule has 3 heterocycles. The first kappa shape index (κ1) is 20.1. The summed E-state index contributed by atoms with van der Waals surface area (Å²) in [4.78, 5) is 34.0. The number of azo groups is 1. The van der Waals surface area contributed by atoms with Gasteiger partial charge in [0.2, 0.25) is 11.5 Å². The van der Waals surface area contributed by atoms with Crippen LogP contribution in [0.5, 0.6) is 11.5 Å². The minimum Gasteiger partial charge on any atom is -0.497 e. The van der Waals surface area contributed by atoms with Crippen LogP contribution in [0.2, 0.25) is 0 Å². The number of H-pyrrole nitrogens is 1. The zero-order valence-corrected chi connectivity index (χ0v) is 17.3. The van der Waals surface area contributed by atoms with Crippen LogP contribution in [0.4, 0.5) is 5.69 Å². The van der Waals surface area contributed by atoms with Crippen molar-refractivity contribution in [1.29, 1.82) is 0 Å². The molecular weight excluding hydrogens is 434 g/mol. The second-order valence-electron chi connectivity index (χ2n) is 6.68. The molecule has 1 saturated heterocycles. The average molecular weight is 450 g/mol. The van der Waals surface area contributed by atoms with Crippen LogP contribution < -0.4 is 30.4 Å². The van der Waals surface area contributed by atoms with E-state index >= 15 is 0 Å². The number of hydrazine groups is 1. The van der Waals surface area contributed by atoms with Crippen LogP contribution in [-0.4, -0.2) is 31.3 Å². The first-order valence-corrected chi connectivity index (χ1v) is 9.53. The number of carbonyl (C=O) groups is 1. The average Bonchev–Trinajstić information content (AvgIpc) is 3.57. The highest BCUT2D eigenvalue weighted by Gasteiger charge is 2.37. The Bertz CT molecular complexity index is 1370. The molecule has 0 aliphatic carbocycles. The molecule has 5 rings (SSSR count). The number of aromatic nitrogens is 2. The van der Waals surface area contributed by atoms with Gasteiger partial charge in [-0.3, -0.25) is 4.52 Å². The molecule has 2 aromatic carbocycles. The molecule has 1 fully saturated rings. The van der Waals surface area contributed by atoms with Crippen LogP contribution in [0.3, 0.4) is 0 Å². The zero-order valence-electron chi connectivity index (χ0n) is 17.3. The summed E-state index contributed by atoms with van der Waals surface area (Å²) in [5.74, 6) is 0.481. The molecule has 0 atom stereocenters.